The molecule has 1 unspecified atom stereocenters. The zero-order valence-corrected chi connectivity index (χ0v) is 14.4. The van der Waals surface area contributed by atoms with Crippen molar-refractivity contribution in [3.8, 4) is 0 Å². The molecule has 0 saturated heterocycles. The van der Waals surface area contributed by atoms with Gasteiger partial charge in [0, 0.05) is 17.8 Å². The largest absolute Gasteiger partial charge is 0.462 e. The number of ether oxygens (including phenoxy) is 1. The molecule has 2 aromatic rings. The van der Waals surface area contributed by atoms with Crippen LogP contribution in [0.4, 0.5) is 10.1 Å². The van der Waals surface area contributed by atoms with Crippen molar-refractivity contribution in [2.45, 2.75) is 18.1 Å². The van der Waals surface area contributed by atoms with Gasteiger partial charge in [0.2, 0.25) is 0 Å². The summed E-state index contributed by atoms with van der Waals surface area (Å²) in [7, 11) is 0. The van der Waals surface area contributed by atoms with Crippen molar-refractivity contribution >= 4 is 29.2 Å². The van der Waals surface area contributed by atoms with E-state index in [2.05, 4.69) is 15.3 Å². The van der Waals surface area contributed by atoms with Gasteiger partial charge in [-0.15, -0.1) is 0 Å². The van der Waals surface area contributed by atoms with Crippen LogP contribution in [0.15, 0.2) is 47.6 Å². The zero-order valence-electron chi connectivity index (χ0n) is 13.7. The lowest BCUT2D eigenvalue weighted by Crippen LogP contribution is -2.39. The molecule has 134 valence electrons. The van der Waals surface area contributed by atoms with Crippen LogP contribution in [0, 0.1) is 5.92 Å². The molecule has 3 atom stereocenters. The van der Waals surface area contributed by atoms with Crippen molar-refractivity contribution in [2.24, 2.45) is 16.6 Å². The molecule has 1 fully saturated rings. The Balaban J connectivity index is 1.61. The van der Waals surface area contributed by atoms with Crippen molar-refractivity contribution in [2.75, 3.05) is 12.0 Å². The number of rotatable bonds is 4. The van der Waals surface area contributed by atoms with Crippen molar-refractivity contribution < 1.29 is 13.9 Å². The number of alkyl halides is 1. The number of aliphatic imine (C=N–C) groups is 1. The molecule has 3 N–H and O–H groups in total. The Bertz CT molecular complexity index is 889. The van der Waals surface area contributed by atoms with E-state index < -0.39 is 12.2 Å². The van der Waals surface area contributed by atoms with Crippen LogP contribution >= 0.6 is 11.6 Å². The van der Waals surface area contributed by atoms with Crippen LogP contribution in [0.1, 0.15) is 22.5 Å². The fourth-order valence-electron chi connectivity index (χ4n) is 3.32. The molecule has 1 aliphatic heterocycles. The minimum atomic E-state index is -1.06. The van der Waals surface area contributed by atoms with Gasteiger partial charge in [-0.25, -0.2) is 14.4 Å². The number of pyridine rings is 1. The molecule has 0 radical (unpaired) electrons. The van der Waals surface area contributed by atoms with Crippen LogP contribution in [0.5, 0.6) is 0 Å². The summed E-state index contributed by atoms with van der Waals surface area (Å²) >= 11 is 5.78. The molecule has 4 rings (SSSR count). The van der Waals surface area contributed by atoms with Gasteiger partial charge in [-0.2, -0.15) is 0 Å². The first kappa shape index (κ1) is 16.8. The van der Waals surface area contributed by atoms with Gasteiger partial charge in [0.05, 0.1) is 5.02 Å². The van der Waals surface area contributed by atoms with Crippen molar-refractivity contribution in [3.63, 3.8) is 0 Å². The Morgan fingerprint density at radius 2 is 2.27 bits per heavy atom. The fraction of sp³-hybridized carbons (Fsp3) is 0.278. The molecule has 2 aliphatic rings. The highest BCUT2D eigenvalue weighted by atomic mass is 35.5. The van der Waals surface area contributed by atoms with E-state index in [0.29, 0.717) is 22.7 Å². The van der Waals surface area contributed by atoms with Crippen molar-refractivity contribution in [1.29, 1.82) is 0 Å². The monoisotopic (exact) mass is 374 g/mol. The summed E-state index contributed by atoms with van der Waals surface area (Å²) in [6.45, 7) is -0.686. The number of benzene rings is 1. The molecule has 8 heteroatoms. The van der Waals surface area contributed by atoms with Gasteiger partial charge in [0.25, 0.3) is 11.9 Å². The Kier molecular flexibility index (Phi) is 4.03. The third-order valence-electron chi connectivity index (χ3n) is 4.71. The van der Waals surface area contributed by atoms with E-state index >= 15 is 0 Å². The molecule has 1 amide bonds. The van der Waals surface area contributed by atoms with Gasteiger partial charge in [-0.3, -0.25) is 4.79 Å². The number of nitrogens with one attached hydrogen (secondary N) is 1. The fourth-order valence-corrected chi connectivity index (χ4v) is 3.43. The summed E-state index contributed by atoms with van der Waals surface area (Å²) in [6.07, 6.45) is 2.01. The van der Waals surface area contributed by atoms with Gasteiger partial charge in [-0.1, -0.05) is 23.7 Å². The van der Waals surface area contributed by atoms with Gasteiger partial charge in [-0.05, 0) is 36.2 Å². The number of carbonyl (C=O) groups excluding carboxylic acids is 1. The summed E-state index contributed by atoms with van der Waals surface area (Å²) in [5.74, 6) is -0.434. The molecule has 0 bridgehead atoms. The van der Waals surface area contributed by atoms with Crippen LogP contribution in [0.3, 0.4) is 0 Å². The zero-order chi connectivity index (χ0) is 18.3. The molecule has 2 heterocycles. The number of amides is 1. The highest BCUT2D eigenvalue weighted by Gasteiger charge is 2.59. The van der Waals surface area contributed by atoms with Crippen LogP contribution in [-0.4, -0.2) is 29.7 Å². The molecule has 1 saturated carbocycles. The molecule has 1 aliphatic carbocycles. The Morgan fingerprint density at radius 3 is 3.00 bits per heavy atom. The van der Waals surface area contributed by atoms with Crippen LogP contribution in [-0.2, 0) is 10.3 Å². The first-order valence-corrected chi connectivity index (χ1v) is 8.51. The number of anilines is 1. The SMILES string of the molecule is NC1=N[C@](CF)(c2cccc(NC(=O)c3ccc(Cl)cn3)c2)C2C[C@H]2O1. The maximum absolute atomic E-state index is 14.0. The maximum atomic E-state index is 14.0. The number of aromatic nitrogens is 1. The predicted octanol–water partition coefficient (Wildman–Crippen LogP) is 2.89. The maximum Gasteiger partial charge on any atom is 0.283 e. The second kappa shape index (κ2) is 6.25. The minimum Gasteiger partial charge on any atom is -0.462 e. The van der Waals surface area contributed by atoms with Crippen molar-refractivity contribution in [1.82, 2.24) is 4.98 Å². The van der Waals surface area contributed by atoms with E-state index in [0.717, 1.165) is 0 Å². The smallest absolute Gasteiger partial charge is 0.283 e. The molecular weight excluding hydrogens is 359 g/mol. The summed E-state index contributed by atoms with van der Waals surface area (Å²) in [4.78, 5) is 20.6. The standard InChI is InChI=1S/C18H16ClFN4O2/c19-11-4-5-14(22-8-11)16(25)23-12-3-1-2-10(6-12)18(9-20)13-7-15(13)26-17(21)24-18/h1-6,8,13,15H,7,9H2,(H2,21,24)(H,23,25)/t13?,15-,18-/m1/s1. The third-order valence-corrected chi connectivity index (χ3v) is 4.93. The molecule has 1 aromatic carbocycles. The van der Waals surface area contributed by atoms with Gasteiger partial charge in [0.1, 0.15) is 24.0 Å². The number of amidine groups is 1. The van der Waals surface area contributed by atoms with E-state index in [9.17, 15) is 9.18 Å². The average Bonchev–Trinajstić information content (AvgIpc) is 3.41. The number of halogens is 2. The second-order valence-electron chi connectivity index (χ2n) is 6.40. The first-order chi connectivity index (χ1) is 12.5. The Morgan fingerprint density at radius 1 is 1.42 bits per heavy atom. The van der Waals surface area contributed by atoms with E-state index in [4.69, 9.17) is 22.1 Å². The normalized spacial score (nSPS) is 26.3. The number of fused-ring (bicyclic) bond motifs is 1. The molecule has 6 nitrogen and oxygen atoms in total. The topological polar surface area (TPSA) is 89.6 Å². The van der Waals surface area contributed by atoms with Crippen LogP contribution in [0.2, 0.25) is 5.02 Å². The van der Waals surface area contributed by atoms with E-state index in [1.165, 1.54) is 12.3 Å². The average molecular weight is 375 g/mol. The second-order valence-corrected chi connectivity index (χ2v) is 6.84. The number of hydrogen-bond donors (Lipinski definition) is 2. The molecule has 0 spiro atoms. The summed E-state index contributed by atoms with van der Waals surface area (Å²) in [5, 5.41) is 3.21. The van der Waals surface area contributed by atoms with Gasteiger partial charge in [0.15, 0.2) is 0 Å². The molecule has 26 heavy (non-hydrogen) atoms. The molecular formula is C18H16ClFN4O2. The lowest BCUT2D eigenvalue weighted by molar-refractivity contribution is 0.102. The Hall–Kier alpha value is -2.67. The summed E-state index contributed by atoms with van der Waals surface area (Å²) < 4.78 is 19.4. The first-order valence-electron chi connectivity index (χ1n) is 8.13. The number of nitrogens with zero attached hydrogens (tertiary/aromatic N) is 2. The highest BCUT2D eigenvalue weighted by molar-refractivity contribution is 6.30. The minimum absolute atomic E-state index is 0.00111. The van der Waals surface area contributed by atoms with E-state index in [1.54, 1.807) is 30.3 Å². The lowest BCUT2D eigenvalue weighted by atomic mass is 9.86. The van der Waals surface area contributed by atoms with Crippen molar-refractivity contribution in [3.05, 3.63) is 58.9 Å². The van der Waals surface area contributed by atoms with Gasteiger partial charge >= 0.3 is 0 Å². The van der Waals surface area contributed by atoms with E-state index in [1.807, 2.05) is 0 Å². The third kappa shape index (κ3) is 2.88. The number of carbonyl (C=O) groups is 1. The van der Waals surface area contributed by atoms with Crippen LogP contribution < -0.4 is 11.1 Å². The Labute approximate surface area is 154 Å². The lowest BCUT2D eigenvalue weighted by Gasteiger charge is -2.31. The van der Waals surface area contributed by atoms with Gasteiger partial charge < -0.3 is 15.8 Å². The highest BCUT2D eigenvalue weighted by Crippen LogP contribution is 2.53. The summed E-state index contributed by atoms with van der Waals surface area (Å²) in [5.41, 5.74) is 6.06. The molecule has 1 aromatic heterocycles. The number of hydrogen-bond acceptors (Lipinski definition) is 5. The van der Waals surface area contributed by atoms with Crippen LogP contribution in [0.25, 0.3) is 0 Å². The summed E-state index contributed by atoms with van der Waals surface area (Å²) in [6, 6.07) is 10.1. The van der Waals surface area contributed by atoms with E-state index in [-0.39, 0.29) is 29.6 Å². The predicted molar refractivity (Wildman–Crippen MR) is 95.9 cm³/mol. The number of nitrogens with two attached hydrogens (primary N) is 1. The quantitative estimate of drug-likeness (QED) is 0.861.